The van der Waals surface area contributed by atoms with Crippen molar-refractivity contribution >= 4 is 25.0 Å². The van der Waals surface area contributed by atoms with E-state index < -0.39 is 0 Å². The van der Waals surface area contributed by atoms with Gasteiger partial charge in [-0.3, -0.25) is 4.79 Å². The van der Waals surface area contributed by atoms with E-state index >= 15 is 0 Å². The van der Waals surface area contributed by atoms with E-state index in [9.17, 15) is 4.79 Å². The maximum atomic E-state index is 12.2. The average molecular weight is 439 g/mol. The van der Waals surface area contributed by atoms with E-state index in [1.807, 2.05) is 30.3 Å². The van der Waals surface area contributed by atoms with Crippen LogP contribution in [-0.2, 0) is 12.8 Å². The normalized spacial score (nSPS) is 11.1. The summed E-state index contributed by atoms with van der Waals surface area (Å²) >= 11 is 0. The molecule has 0 saturated heterocycles. The third-order valence-electron chi connectivity index (χ3n) is 5.49. The summed E-state index contributed by atoms with van der Waals surface area (Å²) in [5, 5.41) is 2.20. The van der Waals surface area contributed by atoms with Crippen LogP contribution in [0.3, 0.4) is 0 Å². The van der Waals surface area contributed by atoms with Gasteiger partial charge in [-0.15, -0.1) is 0 Å². The molecule has 32 heavy (non-hydrogen) atoms. The second kappa shape index (κ2) is 10.4. The van der Waals surface area contributed by atoms with Gasteiger partial charge in [-0.2, -0.15) is 0 Å². The first-order chi connectivity index (χ1) is 15.6. The number of benzene rings is 4. The number of carbonyl (C=O) groups excluding carboxylic acids is 1. The summed E-state index contributed by atoms with van der Waals surface area (Å²) in [5.74, 6) is 1.01. The molecular weight excluding hydrogens is 411 g/mol. The molecule has 0 N–H and O–H groups in total. The molecule has 160 valence electrons. The molecule has 0 fully saturated rings. The van der Waals surface area contributed by atoms with Crippen molar-refractivity contribution in [2.75, 3.05) is 7.11 Å². The Morgan fingerprint density at radius 3 is 1.94 bits per heavy atom. The molecule has 0 radical (unpaired) electrons. The molecule has 0 saturated carbocycles. The first kappa shape index (κ1) is 22.0. The standard InChI is InChI=1S/C29H27O2P/c1-21(30)26-15-9-10-16-27(26)32-28-20-24(17-22-11-5-3-6-12-22)19-25(29(28)31-2)18-23-13-7-4-8-14-23/h3-16,19-20,32H,17-18H2,1-2H3. The summed E-state index contributed by atoms with van der Waals surface area (Å²) in [5.41, 5.74) is 5.74. The van der Waals surface area contributed by atoms with Crippen LogP contribution < -0.4 is 15.3 Å². The van der Waals surface area contributed by atoms with Crippen molar-refractivity contribution in [1.82, 2.24) is 0 Å². The Kier molecular flexibility index (Phi) is 7.14. The molecule has 1 atom stereocenters. The highest BCUT2D eigenvalue weighted by molar-refractivity contribution is 7.56. The van der Waals surface area contributed by atoms with Crippen molar-refractivity contribution < 1.29 is 9.53 Å². The highest BCUT2D eigenvalue weighted by atomic mass is 31.1. The first-order valence-corrected chi connectivity index (χ1v) is 11.8. The number of hydrogen-bond donors (Lipinski definition) is 0. The van der Waals surface area contributed by atoms with Crippen LogP contribution in [0, 0.1) is 0 Å². The maximum absolute atomic E-state index is 12.2. The Balaban J connectivity index is 1.78. The number of Topliss-reactive ketones (excluding diaryl/α,β-unsaturated/α-hetero) is 1. The predicted molar refractivity (Wildman–Crippen MR) is 136 cm³/mol. The third kappa shape index (κ3) is 5.33. The number of methoxy groups -OCH3 is 1. The fraction of sp³-hybridized carbons (Fsp3) is 0.138. The van der Waals surface area contributed by atoms with Crippen molar-refractivity contribution in [3.8, 4) is 5.75 Å². The van der Waals surface area contributed by atoms with Crippen LogP contribution in [-0.4, -0.2) is 12.9 Å². The molecule has 0 heterocycles. The molecule has 0 bridgehead atoms. The minimum atomic E-state index is 0.0945. The molecule has 2 nitrogen and oxygen atoms in total. The minimum Gasteiger partial charge on any atom is -0.496 e. The molecule has 0 spiro atoms. The van der Waals surface area contributed by atoms with Crippen LogP contribution in [0.1, 0.15) is 39.5 Å². The van der Waals surface area contributed by atoms with E-state index in [4.69, 9.17) is 4.74 Å². The Morgan fingerprint density at radius 1 is 0.719 bits per heavy atom. The summed E-state index contributed by atoms with van der Waals surface area (Å²) in [4.78, 5) is 12.2. The lowest BCUT2D eigenvalue weighted by molar-refractivity contribution is 0.101. The fourth-order valence-corrected chi connectivity index (χ4v) is 5.51. The molecule has 0 aliphatic rings. The molecule has 0 aromatic heterocycles. The largest absolute Gasteiger partial charge is 0.496 e. The van der Waals surface area contributed by atoms with Gasteiger partial charge >= 0.3 is 0 Å². The molecular formula is C29H27O2P. The maximum Gasteiger partial charge on any atom is 0.160 e. The smallest absolute Gasteiger partial charge is 0.160 e. The minimum absolute atomic E-state index is 0.0945. The van der Waals surface area contributed by atoms with Gasteiger partial charge < -0.3 is 4.74 Å². The molecule has 0 aliphatic carbocycles. The van der Waals surface area contributed by atoms with Gasteiger partial charge in [-0.25, -0.2) is 0 Å². The number of hydrogen-bond acceptors (Lipinski definition) is 2. The lowest BCUT2D eigenvalue weighted by Gasteiger charge is -2.18. The highest BCUT2D eigenvalue weighted by Gasteiger charge is 2.16. The summed E-state index contributed by atoms with van der Waals surface area (Å²) in [7, 11) is 2.08. The van der Waals surface area contributed by atoms with Crippen LogP contribution in [0.5, 0.6) is 5.75 Å². The lowest BCUT2D eigenvalue weighted by atomic mass is 9.98. The number of rotatable bonds is 8. The van der Waals surface area contributed by atoms with E-state index in [-0.39, 0.29) is 5.78 Å². The lowest BCUT2D eigenvalue weighted by Crippen LogP contribution is -2.15. The van der Waals surface area contributed by atoms with Crippen LogP contribution in [0.2, 0.25) is 0 Å². The van der Waals surface area contributed by atoms with Crippen LogP contribution in [0.15, 0.2) is 97.1 Å². The van der Waals surface area contributed by atoms with Gasteiger partial charge in [0, 0.05) is 17.3 Å². The van der Waals surface area contributed by atoms with E-state index in [1.165, 1.54) is 22.3 Å². The van der Waals surface area contributed by atoms with Crippen LogP contribution in [0.25, 0.3) is 0 Å². The quantitative estimate of drug-likeness (QED) is 0.260. The zero-order valence-corrected chi connectivity index (χ0v) is 19.5. The third-order valence-corrected chi connectivity index (χ3v) is 6.84. The van der Waals surface area contributed by atoms with Gasteiger partial charge in [0.1, 0.15) is 5.75 Å². The van der Waals surface area contributed by atoms with Gasteiger partial charge in [-0.1, -0.05) is 99.6 Å². The molecule has 1 unspecified atom stereocenters. The Labute approximate surface area is 192 Å². The summed E-state index contributed by atoms with van der Waals surface area (Å²) in [6, 6.07) is 33.4. The SMILES string of the molecule is COc1c(Cc2ccccc2)cc(Cc2ccccc2)cc1Pc1ccccc1C(C)=O. The van der Waals surface area contributed by atoms with Crippen molar-refractivity contribution in [1.29, 1.82) is 0 Å². The Bertz CT molecular complexity index is 1200. The molecule has 0 aliphatic heterocycles. The van der Waals surface area contributed by atoms with E-state index in [2.05, 4.69) is 66.7 Å². The molecule has 4 aromatic rings. The fourth-order valence-electron chi connectivity index (χ4n) is 4.01. The van der Waals surface area contributed by atoms with Crippen molar-refractivity contribution in [2.45, 2.75) is 19.8 Å². The highest BCUT2D eigenvalue weighted by Crippen LogP contribution is 2.29. The predicted octanol–water partition coefficient (Wildman–Crippen LogP) is 5.71. The van der Waals surface area contributed by atoms with Gasteiger partial charge in [0.15, 0.2) is 5.78 Å². The zero-order valence-electron chi connectivity index (χ0n) is 18.5. The number of ketones is 1. The second-order valence-electron chi connectivity index (χ2n) is 7.89. The summed E-state index contributed by atoms with van der Waals surface area (Å²) in [6.45, 7) is 1.63. The summed E-state index contributed by atoms with van der Waals surface area (Å²) in [6.07, 6.45) is 1.66. The van der Waals surface area contributed by atoms with Gasteiger partial charge in [0.25, 0.3) is 0 Å². The second-order valence-corrected chi connectivity index (χ2v) is 9.21. The van der Waals surface area contributed by atoms with Gasteiger partial charge in [0.05, 0.1) is 7.11 Å². The monoisotopic (exact) mass is 438 g/mol. The average Bonchev–Trinajstić information content (AvgIpc) is 2.81. The van der Waals surface area contributed by atoms with Crippen LogP contribution >= 0.6 is 8.58 Å². The van der Waals surface area contributed by atoms with Crippen LogP contribution in [0.4, 0.5) is 0 Å². The van der Waals surface area contributed by atoms with Crippen molar-refractivity contribution in [2.24, 2.45) is 0 Å². The number of ether oxygens (including phenoxy) is 1. The molecule has 3 heteroatoms. The topological polar surface area (TPSA) is 26.3 Å². The molecule has 0 amide bonds. The zero-order chi connectivity index (χ0) is 22.3. The van der Waals surface area contributed by atoms with Gasteiger partial charge in [0.2, 0.25) is 0 Å². The van der Waals surface area contributed by atoms with E-state index in [0.29, 0.717) is 8.58 Å². The molecule has 4 aromatic carbocycles. The summed E-state index contributed by atoms with van der Waals surface area (Å²) < 4.78 is 5.95. The molecule has 4 rings (SSSR count). The Morgan fingerprint density at radius 2 is 1.31 bits per heavy atom. The van der Waals surface area contributed by atoms with Crippen molar-refractivity contribution in [3.63, 3.8) is 0 Å². The van der Waals surface area contributed by atoms with E-state index in [0.717, 1.165) is 34.8 Å². The number of carbonyl (C=O) groups is 1. The Hall–Kier alpha value is -3.22. The van der Waals surface area contributed by atoms with Gasteiger partial charge in [-0.05, 0) is 47.0 Å². The first-order valence-electron chi connectivity index (χ1n) is 10.8. The van der Waals surface area contributed by atoms with Crippen molar-refractivity contribution in [3.05, 3.63) is 125 Å². The van der Waals surface area contributed by atoms with E-state index in [1.54, 1.807) is 14.0 Å².